The number of nitrogens with zero attached hydrogens (tertiary/aromatic N) is 2. The molecule has 2 unspecified atom stereocenters. The highest BCUT2D eigenvalue weighted by Gasteiger charge is 2.23. The number of aromatic nitrogens is 1. The molecule has 0 saturated carbocycles. The molecule has 0 bridgehead atoms. The van der Waals surface area contributed by atoms with Gasteiger partial charge in [0.25, 0.3) is 0 Å². The number of piperidine rings is 1. The molecule has 1 saturated heterocycles. The minimum absolute atomic E-state index is 0.294. The molecule has 1 aliphatic rings. The molecule has 15 heavy (non-hydrogen) atoms. The van der Waals surface area contributed by atoms with E-state index in [9.17, 15) is 0 Å². The molecule has 1 aromatic rings. The Bertz CT molecular complexity index is 323. The second kappa shape index (κ2) is 4.33. The van der Waals surface area contributed by atoms with Crippen LogP contribution in [0.25, 0.3) is 0 Å². The predicted octanol–water partition coefficient (Wildman–Crippen LogP) is 1.15. The number of likely N-dealkylation sites (tertiary alicyclic amines) is 1. The van der Waals surface area contributed by atoms with Crippen molar-refractivity contribution < 1.29 is 4.52 Å². The van der Waals surface area contributed by atoms with Crippen LogP contribution in [-0.4, -0.2) is 29.2 Å². The van der Waals surface area contributed by atoms with Crippen molar-refractivity contribution >= 4 is 0 Å². The van der Waals surface area contributed by atoms with Gasteiger partial charge in [0.1, 0.15) is 0 Å². The molecule has 2 N–H and O–H groups in total. The lowest BCUT2D eigenvalue weighted by Crippen LogP contribution is -2.47. The minimum Gasteiger partial charge on any atom is -0.360 e. The standard InChI is InChI=1S/C11H19N3O/c1-8-3-4-14(7-11(8)12)6-10-5-9(2)13-15-10/h5,8,11H,3-4,6-7,12H2,1-2H3. The first kappa shape index (κ1) is 10.6. The monoisotopic (exact) mass is 209 g/mol. The van der Waals surface area contributed by atoms with Crippen molar-refractivity contribution in [3.8, 4) is 0 Å². The average molecular weight is 209 g/mol. The normalized spacial score (nSPS) is 28.2. The van der Waals surface area contributed by atoms with Gasteiger partial charge in [0.15, 0.2) is 5.76 Å². The molecular formula is C11H19N3O. The van der Waals surface area contributed by atoms with E-state index in [-0.39, 0.29) is 0 Å². The molecule has 0 spiro atoms. The molecule has 2 heterocycles. The maximum Gasteiger partial charge on any atom is 0.150 e. The highest BCUT2D eigenvalue weighted by atomic mass is 16.5. The number of hydrogen-bond donors (Lipinski definition) is 1. The molecule has 84 valence electrons. The molecule has 1 aliphatic heterocycles. The molecule has 0 amide bonds. The van der Waals surface area contributed by atoms with E-state index in [0.717, 1.165) is 31.1 Å². The van der Waals surface area contributed by atoms with Gasteiger partial charge in [-0.25, -0.2) is 0 Å². The van der Waals surface area contributed by atoms with Crippen molar-refractivity contribution in [3.05, 3.63) is 17.5 Å². The fraction of sp³-hybridized carbons (Fsp3) is 0.727. The number of aryl methyl sites for hydroxylation is 1. The summed E-state index contributed by atoms with van der Waals surface area (Å²) < 4.78 is 5.20. The molecule has 2 rings (SSSR count). The zero-order chi connectivity index (χ0) is 10.8. The van der Waals surface area contributed by atoms with Crippen molar-refractivity contribution in [3.63, 3.8) is 0 Å². The van der Waals surface area contributed by atoms with E-state index in [1.165, 1.54) is 6.42 Å². The SMILES string of the molecule is Cc1cc(CN2CCC(C)C(N)C2)on1. The van der Waals surface area contributed by atoms with Crippen LogP contribution in [0.3, 0.4) is 0 Å². The van der Waals surface area contributed by atoms with E-state index in [1.54, 1.807) is 0 Å². The van der Waals surface area contributed by atoms with E-state index >= 15 is 0 Å². The van der Waals surface area contributed by atoms with Gasteiger partial charge in [-0.3, -0.25) is 4.90 Å². The zero-order valence-electron chi connectivity index (χ0n) is 9.44. The van der Waals surface area contributed by atoms with E-state index in [1.807, 2.05) is 13.0 Å². The molecule has 1 fully saturated rings. The molecule has 4 heteroatoms. The Labute approximate surface area is 90.4 Å². The first-order valence-corrected chi connectivity index (χ1v) is 5.55. The van der Waals surface area contributed by atoms with Crippen molar-refractivity contribution in [2.75, 3.05) is 13.1 Å². The maximum atomic E-state index is 6.04. The Balaban J connectivity index is 1.90. The molecular weight excluding hydrogens is 190 g/mol. The number of rotatable bonds is 2. The van der Waals surface area contributed by atoms with Gasteiger partial charge in [0, 0.05) is 18.7 Å². The summed E-state index contributed by atoms with van der Waals surface area (Å²) in [6.07, 6.45) is 1.17. The van der Waals surface area contributed by atoms with Gasteiger partial charge < -0.3 is 10.3 Å². The third kappa shape index (κ3) is 2.58. The van der Waals surface area contributed by atoms with Gasteiger partial charge in [0.2, 0.25) is 0 Å². The van der Waals surface area contributed by atoms with Crippen LogP contribution >= 0.6 is 0 Å². The topological polar surface area (TPSA) is 55.3 Å². The summed E-state index contributed by atoms with van der Waals surface area (Å²) in [4.78, 5) is 2.34. The summed E-state index contributed by atoms with van der Waals surface area (Å²) in [5.74, 6) is 1.58. The Hall–Kier alpha value is -0.870. The summed E-state index contributed by atoms with van der Waals surface area (Å²) in [5, 5.41) is 3.88. The summed E-state index contributed by atoms with van der Waals surface area (Å²) in [7, 11) is 0. The quantitative estimate of drug-likeness (QED) is 0.794. The van der Waals surface area contributed by atoms with Crippen LogP contribution in [-0.2, 0) is 6.54 Å². The Morgan fingerprint density at radius 1 is 1.67 bits per heavy atom. The largest absolute Gasteiger partial charge is 0.360 e. The van der Waals surface area contributed by atoms with Crippen LogP contribution in [0.2, 0.25) is 0 Å². The average Bonchev–Trinajstić information content (AvgIpc) is 2.58. The fourth-order valence-electron chi connectivity index (χ4n) is 2.02. The smallest absolute Gasteiger partial charge is 0.150 e. The van der Waals surface area contributed by atoms with Crippen LogP contribution < -0.4 is 5.73 Å². The van der Waals surface area contributed by atoms with Gasteiger partial charge in [-0.05, 0) is 25.8 Å². The second-order valence-corrected chi connectivity index (χ2v) is 4.60. The van der Waals surface area contributed by atoms with Gasteiger partial charge >= 0.3 is 0 Å². The first-order valence-electron chi connectivity index (χ1n) is 5.55. The molecule has 0 aromatic carbocycles. The first-order chi connectivity index (χ1) is 7.15. The lowest BCUT2D eigenvalue weighted by molar-refractivity contribution is 0.148. The Kier molecular flexibility index (Phi) is 3.07. The highest BCUT2D eigenvalue weighted by molar-refractivity contribution is 5.03. The summed E-state index contributed by atoms with van der Waals surface area (Å²) in [5.41, 5.74) is 6.98. The van der Waals surface area contributed by atoms with Gasteiger partial charge in [-0.15, -0.1) is 0 Å². The third-order valence-corrected chi connectivity index (χ3v) is 3.16. The zero-order valence-corrected chi connectivity index (χ0v) is 9.44. The Morgan fingerprint density at radius 3 is 3.07 bits per heavy atom. The van der Waals surface area contributed by atoms with Gasteiger partial charge in [-0.2, -0.15) is 0 Å². The van der Waals surface area contributed by atoms with E-state index in [2.05, 4.69) is 17.0 Å². The number of nitrogens with two attached hydrogens (primary N) is 1. The van der Waals surface area contributed by atoms with E-state index in [4.69, 9.17) is 10.3 Å². The summed E-state index contributed by atoms with van der Waals surface area (Å²) in [6, 6.07) is 2.28. The summed E-state index contributed by atoms with van der Waals surface area (Å²) in [6.45, 7) is 7.06. The van der Waals surface area contributed by atoms with Crippen molar-refractivity contribution in [2.24, 2.45) is 11.7 Å². The highest BCUT2D eigenvalue weighted by Crippen LogP contribution is 2.17. The van der Waals surface area contributed by atoms with Gasteiger partial charge in [-0.1, -0.05) is 12.1 Å². The van der Waals surface area contributed by atoms with Crippen LogP contribution in [0.15, 0.2) is 10.6 Å². The predicted molar refractivity (Wildman–Crippen MR) is 58.3 cm³/mol. The Morgan fingerprint density at radius 2 is 2.47 bits per heavy atom. The molecule has 0 aliphatic carbocycles. The molecule has 0 radical (unpaired) electrons. The van der Waals surface area contributed by atoms with Crippen molar-refractivity contribution in [1.82, 2.24) is 10.1 Å². The van der Waals surface area contributed by atoms with E-state index < -0.39 is 0 Å². The van der Waals surface area contributed by atoms with Crippen molar-refractivity contribution in [2.45, 2.75) is 32.9 Å². The maximum absolute atomic E-state index is 6.04. The molecule has 4 nitrogen and oxygen atoms in total. The second-order valence-electron chi connectivity index (χ2n) is 4.60. The minimum atomic E-state index is 0.294. The third-order valence-electron chi connectivity index (χ3n) is 3.16. The van der Waals surface area contributed by atoms with Crippen LogP contribution in [0.4, 0.5) is 0 Å². The van der Waals surface area contributed by atoms with Crippen LogP contribution in [0.1, 0.15) is 24.8 Å². The lowest BCUT2D eigenvalue weighted by atomic mass is 9.94. The van der Waals surface area contributed by atoms with Crippen molar-refractivity contribution in [1.29, 1.82) is 0 Å². The van der Waals surface area contributed by atoms with Crippen LogP contribution in [0.5, 0.6) is 0 Å². The van der Waals surface area contributed by atoms with Crippen LogP contribution in [0, 0.1) is 12.8 Å². The molecule has 1 aromatic heterocycles. The van der Waals surface area contributed by atoms with E-state index in [0.29, 0.717) is 12.0 Å². The van der Waals surface area contributed by atoms with Gasteiger partial charge in [0.05, 0.1) is 12.2 Å². The number of hydrogen-bond acceptors (Lipinski definition) is 4. The summed E-state index contributed by atoms with van der Waals surface area (Å²) >= 11 is 0. The molecule has 2 atom stereocenters. The fourth-order valence-corrected chi connectivity index (χ4v) is 2.02. The lowest BCUT2D eigenvalue weighted by Gasteiger charge is -2.34.